The molecule has 0 aliphatic carbocycles. The van der Waals surface area contributed by atoms with Gasteiger partial charge in [-0.15, -0.1) is 11.3 Å². The van der Waals surface area contributed by atoms with Crippen LogP contribution in [0, 0.1) is 0 Å². The van der Waals surface area contributed by atoms with Gasteiger partial charge in [-0.2, -0.15) is 0 Å². The highest BCUT2D eigenvalue weighted by atomic mass is 79.9. The normalized spacial score (nSPS) is 19.5. The van der Waals surface area contributed by atoms with E-state index < -0.39 is 12.4 Å². The van der Waals surface area contributed by atoms with E-state index in [1.165, 1.54) is 11.9 Å². The number of thiophene rings is 1. The summed E-state index contributed by atoms with van der Waals surface area (Å²) in [6, 6.07) is 1.94. The third-order valence-corrected chi connectivity index (χ3v) is 3.80. The molecule has 4 nitrogen and oxygen atoms in total. The summed E-state index contributed by atoms with van der Waals surface area (Å²) in [5, 5.41) is 2.40. The molecule has 1 aromatic rings. The molecule has 0 spiro atoms. The maximum absolute atomic E-state index is 11.1. The predicted molar refractivity (Wildman–Crippen MR) is 60.0 cm³/mol. The van der Waals surface area contributed by atoms with Crippen molar-refractivity contribution in [2.45, 2.75) is 12.7 Å². The van der Waals surface area contributed by atoms with Crippen molar-refractivity contribution in [3.63, 3.8) is 0 Å². The van der Waals surface area contributed by atoms with Crippen molar-refractivity contribution in [2.24, 2.45) is 0 Å². The first-order valence-corrected chi connectivity index (χ1v) is 6.09. The van der Waals surface area contributed by atoms with Gasteiger partial charge in [-0.25, -0.2) is 4.79 Å². The van der Waals surface area contributed by atoms with Gasteiger partial charge in [0.1, 0.15) is 0 Å². The lowest BCUT2D eigenvalue weighted by molar-refractivity contribution is -0.113. The Hall–Kier alpha value is -0.590. The summed E-state index contributed by atoms with van der Waals surface area (Å²) in [4.78, 5) is 12.3. The maximum Gasteiger partial charge on any atom is 0.409 e. The Morgan fingerprint density at radius 2 is 2.60 bits per heavy atom. The van der Waals surface area contributed by atoms with Gasteiger partial charge in [0.2, 0.25) is 6.29 Å². The Morgan fingerprint density at radius 3 is 3.33 bits per heavy atom. The second-order valence-electron chi connectivity index (χ2n) is 3.04. The Labute approximate surface area is 99.7 Å². The van der Waals surface area contributed by atoms with Crippen LogP contribution >= 0.6 is 27.3 Å². The van der Waals surface area contributed by atoms with Crippen LogP contribution in [0.25, 0.3) is 0 Å². The van der Waals surface area contributed by atoms with Crippen LogP contribution < -0.4 is 5.32 Å². The largest absolute Gasteiger partial charge is 0.415 e. The molecule has 0 bridgehead atoms. The molecule has 15 heavy (non-hydrogen) atoms. The van der Waals surface area contributed by atoms with Crippen molar-refractivity contribution in [2.75, 3.05) is 13.7 Å². The van der Waals surface area contributed by atoms with Gasteiger partial charge in [0.05, 0.1) is 10.4 Å². The zero-order valence-electron chi connectivity index (χ0n) is 8.08. The number of fused-ring (bicyclic) bond motifs is 1. The molecule has 2 rings (SSSR count). The number of halogens is 1. The van der Waals surface area contributed by atoms with Crippen molar-refractivity contribution in [1.29, 1.82) is 0 Å². The van der Waals surface area contributed by atoms with Gasteiger partial charge in [-0.05, 0) is 22.0 Å². The molecule has 1 atom stereocenters. The molecule has 1 N–H and O–H groups in total. The van der Waals surface area contributed by atoms with Crippen molar-refractivity contribution in [1.82, 2.24) is 5.32 Å². The van der Waals surface area contributed by atoms with Crippen LogP contribution in [0.2, 0.25) is 0 Å². The minimum absolute atomic E-state index is 0.477. The van der Waals surface area contributed by atoms with Crippen molar-refractivity contribution in [3.05, 3.63) is 20.3 Å². The number of hydrogen-bond donors (Lipinski definition) is 1. The van der Waals surface area contributed by atoms with Crippen molar-refractivity contribution >= 4 is 33.4 Å². The summed E-state index contributed by atoms with van der Waals surface area (Å²) in [7, 11) is 1.52. The monoisotopic (exact) mass is 291 g/mol. The van der Waals surface area contributed by atoms with Gasteiger partial charge < -0.3 is 14.8 Å². The van der Waals surface area contributed by atoms with Gasteiger partial charge in [0, 0.05) is 23.9 Å². The van der Waals surface area contributed by atoms with E-state index in [4.69, 9.17) is 9.47 Å². The molecule has 0 radical (unpaired) electrons. The molecule has 82 valence electrons. The van der Waals surface area contributed by atoms with E-state index in [9.17, 15) is 4.79 Å². The fourth-order valence-corrected chi connectivity index (χ4v) is 3.12. The maximum atomic E-state index is 11.1. The molecule has 6 heteroatoms. The molecule has 1 unspecified atom stereocenters. The zero-order chi connectivity index (χ0) is 10.8. The third kappa shape index (κ3) is 2.32. The number of rotatable bonds is 1. The molecule has 1 amide bonds. The van der Waals surface area contributed by atoms with Crippen LogP contribution in [0.1, 0.15) is 16.7 Å². The molecule has 0 fully saturated rings. The minimum atomic E-state index is -0.573. The van der Waals surface area contributed by atoms with Gasteiger partial charge in [-0.1, -0.05) is 0 Å². The van der Waals surface area contributed by atoms with Gasteiger partial charge in [-0.3, -0.25) is 0 Å². The van der Waals surface area contributed by atoms with Gasteiger partial charge >= 0.3 is 6.09 Å². The molecule has 1 aromatic heterocycles. The molecule has 1 aliphatic heterocycles. The van der Waals surface area contributed by atoms with E-state index in [2.05, 4.69) is 21.2 Å². The van der Waals surface area contributed by atoms with E-state index in [-0.39, 0.29) is 0 Å². The van der Waals surface area contributed by atoms with Crippen LogP contribution in [0.15, 0.2) is 9.85 Å². The second-order valence-corrected chi connectivity index (χ2v) is 5.55. The first-order valence-electron chi connectivity index (χ1n) is 4.49. The van der Waals surface area contributed by atoms with Crippen LogP contribution in [0.3, 0.4) is 0 Å². The van der Waals surface area contributed by atoms with E-state index >= 15 is 0 Å². The number of alkyl carbamates (subject to hydrolysis) is 1. The van der Waals surface area contributed by atoms with E-state index in [0.29, 0.717) is 6.61 Å². The highest BCUT2D eigenvalue weighted by Crippen LogP contribution is 2.36. The Balaban J connectivity index is 2.18. The van der Waals surface area contributed by atoms with E-state index in [0.717, 1.165) is 15.8 Å². The number of carbonyl (C=O) groups is 1. The van der Waals surface area contributed by atoms with Crippen molar-refractivity contribution in [3.8, 4) is 0 Å². The average molecular weight is 292 g/mol. The summed E-state index contributed by atoms with van der Waals surface area (Å²) in [6.45, 7) is 0.585. The number of hydrogen-bond acceptors (Lipinski definition) is 4. The number of nitrogens with one attached hydrogen (secondary N) is 1. The quantitative estimate of drug-likeness (QED) is 0.865. The third-order valence-electron chi connectivity index (χ3n) is 2.08. The molecule has 0 aromatic carbocycles. The zero-order valence-corrected chi connectivity index (χ0v) is 10.5. The van der Waals surface area contributed by atoms with E-state index in [1.807, 2.05) is 6.07 Å². The average Bonchev–Trinajstić information content (AvgIpc) is 2.59. The lowest BCUT2D eigenvalue weighted by atomic mass is 10.2. The lowest BCUT2D eigenvalue weighted by Gasteiger charge is -2.22. The first kappa shape index (κ1) is 10.9. The lowest BCUT2D eigenvalue weighted by Crippen LogP contribution is -2.25. The Morgan fingerprint density at radius 1 is 1.80 bits per heavy atom. The topological polar surface area (TPSA) is 47.6 Å². The summed E-state index contributed by atoms with van der Waals surface area (Å²) < 4.78 is 11.5. The summed E-state index contributed by atoms with van der Waals surface area (Å²) in [5.41, 5.74) is 0.946. The molecule has 0 saturated carbocycles. The fourth-order valence-electron chi connectivity index (χ4n) is 1.41. The van der Waals surface area contributed by atoms with Gasteiger partial charge in [0.25, 0.3) is 0 Å². The Kier molecular flexibility index (Phi) is 3.28. The number of carbonyl (C=O) groups excluding carboxylic acids is 1. The molecular weight excluding hydrogens is 282 g/mol. The summed E-state index contributed by atoms with van der Waals surface area (Å²) in [6.07, 6.45) is -0.175. The van der Waals surface area contributed by atoms with Crippen molar-refractivity contribution < 1.29 is 14.3 Å². The smallest absolute Gasteiger partial charge is 0.409 e. The fraction of sp³-hybridized carbons (Fsp3) is 0.444. The molecular formula is C9H10BrNO3S. The number of amides is 1. The minimum Gasteiger partial charge on any atom is -0.415 e. The first-order chi connectivity index (χ1) is 7.20. The van der Waals surface area contributed by atoms with E-state index in [1.54, 1.807) is 11.3 Å². The summed E-state index contributed by atoms with van der Waals surface area (Å²) in [5.74, 6) is 0. The summed E-state index contributed by atoms with van der Waals surface area (Å²) >= 11 is 5.06. The van der Waals surface area contributed by atoms with Crippen LogP contribution in [0.5, 0.6) is 0 Å². The highest BCUT2D eigenvalue weighted by molar-refractivity contribution is 9.11. The SMILES string of the molecule is CNC(=O)OC1OCCc2sc(Br)cc21. The second kappa shape index (κ2) is 4.51. The molecule has 1 aliphatic rings. The van der Waals surface area contributed by atoms with Gasteiger partial charge in [0.15, 0.2) is 0 Å². The van der Waals surface area contributed by atoms with Crippen LogP contribution in [-0.2, 0) is 15.9 Å². The van der Waals surface area contributed by atoms with Crippen LogP contribution in [-0.4, -0.2) is 19.7 Å². The number of ether oxygens (including phenoxy) is 2. The molecule has 0 saturated heterocycles. The standard InChI is InChI=1S/C9H10BrNO3S/c1-11-9(12)14-8-5-4-7(10)15-6(5)2-3-13-8/h4,8H,2-3H2,1H3,(H,11,12). The predicted octanol–water partition coefficient (Wildman–Crippen LogP) is 2.44. The Bertz CT molecular complexity index is 379. The highest BCUT2D eigenvalue weighted by Gasteiger charge is 2.26. The molecule has 2 heterocycles. The van der Waals surface area contributed by atoms with Crippen LogP contribution in [0.4, 0.5) is 4.79 Å².